The van der Waals surface area contributed by atoms with Crippen LogP contribution < -0.4 is 10.1 Å². The fourth-order valence-corrected chi connectivity index (χ4v) is 3.97. The molecular weight excluding hydrogens is 416 g/mol. The molecule has 6 nitrogen and oxygen atoms in total. The van der Waals surface area contributed by atoms with E-state index in [1.165, 1.54) is 10.7 Å². The van der Waals surface area contributed by atoms with E-state index in [-0.39, 0.29) is 5.75 Å². The standard InChI is InChI=1S/C15H10BrF2N5OS/c16-13-6-5-12(25-13)9-7-10(23-15(19-9)20-21-22-23)8-3-1-2-4-11(8)24-14(17)18/h1-7,10,14H,(H,19,20,22)/t10-/m0/s1. The number of anilines is 1. The number of benzene rings is 1. The molecule has 25 heavy (non-hydrogen) atoms. The van der Waals surface area contributed by atoms with Gasteiger partial charge in [0.2, 0.25) is 5.95 Å². The van der Waals surface area contributed by atoms with E-state index in [2.05, 4.69) is 41.5 Å². The second kappa shape index (κ2) is 6.52. The Morgan fingerprint density at radius 1 is 1.24 bits per heavy atom. The summed E-state index contributed by atoms with van der Waals surface area (Å²) >= 11 is 4.98. The minimum atomic E-state index is -2.91. The number of allylic oxidation sites excluding steroid dienone is 1. The van der Waals surface area contributed by atoms with Crippen molar-refractivity contribution in [2.45, 2.75) is 12.7 Å². The summed E-state index contributed by atoms with van der Waals surface area (Å²) in [5, 5.41) is 14.8. The molecule has 0 unspecified atom stereocenters. The minimum absolute atomic E-state index is 0.0915. The van der Waals surface area contributed by atoms with Crippen molar-refractivity contribution >= 4 is 38.9 Å². The molecule has 10 heteroatoms. The van der Waals surface area contributed by atoms with Crippen LogP contribution in [0.5, 0.6) is 5.75 Å². The van der Waals surface area contributed by atoms with Crippen LogP contribution in [0.4, 0.5) is 14.7 Å². The number of hydrogen-bond donors (Lipinski definition) is 1. The van der Waals surface area contributed by atoms with Crippen LogP contribution in [0.3, 0.4) is 0 Å². The second-order valence-corrected chi connectivity index (χ2v) is 7.58. The zero-order chi connectivity index (χ0) is 17.4. The molecule has 128 valence electrons. The SMILES string of the molecule is FC(F)Oc1ccccc1[C@@H]1C=C(c2ccc(Br)s2)Nc2nnnn21. The molecule has 1 aromatic carbocycles. The van der Waals surface area contributed by atoms with Gasteiger partial charge in [0.25, 0.3) is 0 Å². The van der Waals surface area contributed by atoms with E-state index in [9.17, 15) is 8.78 Å². The number of alkyl halides is 2. The fraction of sp³-hybridized carbons (Fsp3) is 0.133. The molecular formula is C15H10BrF2N5OS. The molecule has 0 radical (unpaired) electrons. The van der Waals surface area contributed by atoms with Crippen molar-refractivity contribution in [2.24, 2.45) is 0 Å². The van der Waals surface area contributed by atoms with Gasteiger partial charge in [-0.05, 0) is 50.6 Å². The molecule has 1 N–H and O–H groups in total. The van der Waals surface area contributed by atoms with E-state index in [0.717, 1.165) is 14.4 Å². The first-order valence-corrected chi connectivity index (χ1v) is 8.79. The first kappa shape index (κ1) is 16.2. The molecule has 1 atom stereocenters. The number of nitrogens with zero attached hydrogens (tertiary/aromatic N) is 4. The monoisotopic (exact) mass is 425 g/mol. The third kappa shape index (κ3) is 3.14. The van der Waals surface area contributed by atoms with Crippen LogP contribution in [-0.4, -0.2) is 26.8 Å². The van der Waals surface area contributed by atoms with E-state index in [4.69, 9.17) is 0 Å². The minimum Gasteiger partial charge on any atom is -0.434 e. The van der Waals surface area contributed by atoms with Crippen LogP contribution in [0.2, 0.25) is 0 Å². The molecule has 0 fully saturated rings. The molecule has 0 bridgehead atoms. The summed E-state index contributed by atoms with van der Waals surface area (Å²) in [6, 6.07) is 10.0. The van der Waals surface area contributed by atoms with Crippen LogP contribution in [0.25, 0.3) is 5.70 Å². The molecule has 1 aliphatic rings. The number of tetrazole rings is 1. The van der Waals surface area contributed by atoms with Gasteiger partial charge in [-0.2, -0.15) is 13.5 Å². The van der Waals surface area contributed by atoms with Crippen LogP contribution in [0.15, 0.2) is 46.3 Å². The first-order valence-electron chi connectivity index (χ1n) is 7.18. The highest BCUT2D eigenvalue weighted by atomic mass is 79.9. The predicted molar refractivity (Wildman–Crippen MR) is 92.6 cm³/mol. The third-order valence-electron chi connectivity index (χ3n) is 3.62. The van der Waals surface area contributed by atoms with Crippen molar-refractivity contribution in [3.8, 4) is 5.75 Å². The summed E-state index contributed by atoms with van der Waals surface area (Å²) in [5.74, 6) is 0.521. The lowest BCUT2D eigenvalue weighted by Crippen LogP contribution is -2.21. The molecule has 0 saturated heterocycles. The van der Waals surface area contributed by atoms with Crippen LogP contribution in [0.1, 0.15) is 16.5 Å². The summed E-state index contributed by atoms with van der Waals surface area (Å²) in [7, 11) is 0. The van der Waals surface area contributed by atoms with E-state index in [0.29, 0.717) is 11.5 Å². The van der Waals surface area contributed by atoms with Crippen LogP contribution in [-0.2, 0) is 0 Å². The van der Waals surface area contributed by atoms with Gasteiger partial charge in [0.1, 0.15) is 11.8 Å². The lowest BCUT2D eigenvalue weighted by atomic mass is 10.0. The maximum Gasteiger partial charge on any atom is 0.387 e. The van der Waals surface area contributed by atoms with Crippen molar-refractivity contribution in [2.75, 3.05) is 5.32 Å². The quantitative estimate of drug-likeness (QED) is 0.679. The van der Waals surface area contributed by atoms with Gasteiger partial charge in [-0.15, -0.1) is 11.3 Å². The largest absolute Gasteiger partial charge is 0.434 e. The van der Waals surface area contributed by atoms with Gasteiger partial charge in [0, 0.05) is 5.56 Å². The Kier molecular flexibility index (Phi) is 4.22. The summed E-state index contributed by atoms with van der Waals surface area (Å²) in [6.07, 6.45) is 1.88. The molecule has 0 spiro atoms. The third-order valence-corrected chi connectivity index (χ3v) is 5.28. The van der Waals surface area contributed by atoms with Crippen molar-refractivity contribution in [1.29, 1.82) is 0 Å². The number of thiophene rings is 1. The Balaban J connectivity index is 1.81. The van der Waals surface area contributed by atoms with Crippen molar-refractivity contribution in [3.63, 3.8) is 0 Å². The number of fused-ring (bicyclic) bond motifs is 1. The number of para-hydroxylation sites is 1. The maximum atomic E-state index is 12.7. The van der Waals surface area contributed by atoms with Gasteiger partial charge < -0.3 is 10.1 Å². The molecule has 0 amide bonds. The highest BCUT2D eigenvalue weighted by Crippen LogP contribution is 2.38. The van der Waals surface area contributed by atoms with E-state index in [1.807, 2.05) is 18.2 Å². The van der Waals surface area contributed by atoms with E-state index in [1.54, 1.807) is 29.5 Å². The lowest BCUT2D eigenvalue weighted by Gasteiger charge is -2.24. The molecule has 2 aromatic heterocycles. The number of halogens is 3. The van der Waals surface area contributed by atoms with Gasteiger partial charge in [0.15, 0.2) is 0 Å². The average Bonchev–Trinajstić information content (AvgIpc) is 3.22. The van der Waals surface area contributed by atoms with Gasteiger partial charge >= 0.3 is 6.61 Å². The molecule has 1 aliphatic heterocycles. The predicted octanol–water partition coefficient (Wildman–Crippen LogP) is 4.15. The highest BCUT2D eigenvalue weighted by Gasteiger charge is 2.27. The zero-order valence-corrected chi connectivity index (χ0v) is 14.8. The topological polar surface area (TPSA) is 64.9 Å². The maximum absolute atomic E-state index is 12.7. The number of hydrogen-bond acceptors (Lipinski definition) is 6. The highest BCUT2D eigenvalue weighted by molar-refractivity contribution is 9.11. The van der Waals surface area contributed by atoms with Gasteiger partial charge in [-0.25, -0.2) is 0 Å². The van der Waals surface area contributed by atoms with E-state index < -0.39 is 12.7 Å². The second-order valence-electron chi connectivity index (χ2n) is 5.12. The Labute approximate surface area is 153 Å². The smallest absolute Gasteiger partial charge is 0.387 e. The summed E-state index contributed by atoms with van der Waals surface area (Å²) in [4.78, 5) is 0.971. The Bertz CT molecular complexity index is 941. The van der Waals surface area contributed by atoms with Crippen LogP contribution in [0, 0.1) is 0 Å². The zero-order valence-electron chi connectivity index (χ0n) is 12.4. The molecule has 0 saturated carbocycles. The van der Waals surface area contributed by atoms with Crippen molar-refractivity contribution < 1.29 is 13.5 Å². The van der Waals surface area contributed by atoms with E-state index >= 15 is 0 Å². The normalized spacial score (nSPS) is 16.3. The summed E-state index contributed by atoms with van der Waals surface area (Å²) in [5.41, 5.74) is 1.35. The number of aromatic nitrogens is 4. The molecule has 3 heterocycles. The number of nitrogens with one attached hydrogen (secondary N) is 1. The van der Waals surface area contributed by atoms with Crippen LogP contribution >= 0.6 is 27.3 Å². The summed E-state index contributed by atoms with van der Waals surface area (Å²) < 4.78 is 32.7. The van der Waals surface area contributed by atoms with Crippen molar-refractivity contribution in [1.82, 2.24) is 20.2 Å². The molecule has 4 rings (SSSR count). The number of rotatable bonds is 4. The number of ether oxygens (including phenoxy) is 1. The lowest BCUT2D eigenvalue weighted by molar-refractivity contribution is -0.0506. The fourth-order valence-electron chi connectivity index (χ4n) is 2.61. The van der Waals surface area contributed by atoms with Gasteiger partial charge in [-0.1, -0.05) is 23.3 Å². The Morgan fingerprint density at radius 3 is 2.84 bits per heavy atom. The van der Waals surface area contributed by atoms with Crippen molar-refractivity contribution in [3.05, 3.63) is 56.7 Å². The van der Waals surface area contributed by atoms with Gasteiger partial charge in [0.05, 0.1) is 14.4 Å². The Morgan fingerprint density at radius 2 is 2.08 bits per heavy atom. The average molecular weight is 426 g/mol. The Hall–Kier alpha value is -2.33. The molecule has 0 aliphatic carbocycles. The van der Waals surface area contributed by atoms with Gasteiger partial charge in [-0.3, -0.25) is 0 Å². The summed E-state index contributed by atoms with van der Waals surface area (Å²) in [6.45, 7) is -2.91. The first-order chi connectivity index (χ1) is 12.1. The molecule has 3 aromatic rings.